The van der Waals surface area contributed by atoms with E-state index < -0.39 is 35.9 Å². The van der Waals surface area contributed by atoms with Crippen molar-refractivity contribution in [1.82, 2.24) is 41.0 Å². The molecule has 10 N–H and O–H groups in total. The highest BCUT2D eigenvalue weighted by atomic mass is 32.2. The Morgan fingerprint density at radius 1 is 1.12 bits per heavy atom. The van der Waals surface area contributed by atoms with Gasteiger partial charge in [0.25, 0.3) is 0 Å². The number of primary sulfonamides is 1. The van der Waals surface area contributed by atoms with Crippen LogP contribution in [-0.2, 0) is 26.6 Å². The fourth-order valence-electron chi connectivity index (χ4n) is 4.68. The molecule has 1 aliphatic rings. The van der Waals surface area contributed by atoms with Crippen LogP contribution >= 0.6 is 11.3 Å². The molecule has 2 aromatic carbocycles. The summed E-state index contributed by atoms with van der Waals surface area (Å²) < 4.78 is 55.6. The van der Waals surface area contributed by atoms with Gasteiger partial charge in [0.05, 0.1) is 11.3 Å². The van der Waals surface area contributed by atoms with Crippen molar-refractivity contribution < 1.29 is 16.8 Å². The number of aromatic amines is 1. The largest absolute Gasteiger partial charge is 0.375 e. The van der Waals surface area contributed by atoms with Gasteiger partial charge in [-0.05, 0) is 41.4 Å². The monoisotopic (exact) mass is 619 g/mol. The fraction of sp³-hybridized carbons (Fsp3) is 0.304. The van der Waals surface area contributed by atoms with Gasteiger partial charge in [-0.15, -0.1) is 21.5 Å². The van der Waals surface area contributed by atoms with Crippen LogP contribution in [0.15, 0.2) is 46.2 Å². The number of nitrogens with two attached hydrogens (primary N) is 3. The van der Waals surface area contributed by atoms with E-state index in [9.17, 15) is 16.8 Å². The predicted octanol–water partition coefficient (Wildman–Crippen LogP) is -0.425. The number of tetrazole rings is 1. The number of H-pyrrole nitrogens is 1. The lowest BCUT2D eigenvalue weighted by atomic mass is 9.96. The quantitative estimate of drug-likeness (QED) is 0.106. The minimum atomic E-state index is -4.62. The maximum absolute atomic E-state index is 13.5. The summed E-state index contributed by atoms with van der Waals surface area (Å²) >= 11 is 1.34. The highest BCUT2D eigenvalue weighted by Gasteiger charge is 2.33. The molecule has 1 saturated heterocycles. The molecule has 5 rings (SSSR count). The summed E-state index contributed by atoms with van der Waals surface area (Å²) in [5.74, 6) is -0.140. The zero-order valence-corrected chi connectivity index (χ0v) is 24.1. The first-order chi connectivity index (χ1) is 19.6. The Bertz CT molecular complexity index is 1750. The van der Waals surface area contributed by atoms with Crippen LogP contribution in [0.3, 0.4) is 0 Å². The number of aromatic nitrogens is 5. The zero-order chi connectivity index (χ0) is 29.2. The van der Waals surface area contributed by atoms with Gasteiger partial charge in [0.1, 0.15) is 9.79 Å². The molecule has 2 aromatic heterocycles. The highest BCUT2D eigenvalue weighted by Crippen LogP contribution is 2.40. The number of nitrogen functional groups attached to an aromatic ring is 1. The molecule has 1 atom stereocenters. The minimum Gasteiger partial charge on any atom is -0.375 e. The molecule has 3 heterocycles. The molecule has 0 aliphatic carbocycles. The molecule has 4 aromatic rings. The molecule has 0 amide bonds. The number of nitrogens with zero attached hydrogens (tertiary/aromatic N) is 4. The summed E-state index contributed by atoms with van der Waals surface area (Å²) in [6.45, 7) is 2.64. The van der Waals surface area contributed by atoms with Crippen LogP contribution in [0, 0.1) is 0 Å². The second-order valence-corrected chi connectivity index (χ2v) is 13.6. The molecule has 0 spiro atoms. The van der Waals surface area contributed by atoms with E-state index in [1.54, 1.807) is 18.2 Å². The second-order valence-electron chi connectivity index (χ2n) is 9.28. The van der Waals surface area contributed by atoms with E-state index in [0.717, 1.165) is 4.88 Å². The Hall–Kier alpha value is -3.36. The van der Waals surface area contributed by atoms with Gasteiger partial charge < -0.3 is 22.1 Å². The lowest BCUT2D eigenvalue weighted by Gasteiger charge is -2.18. The number of sulfonamides is 2. The number of rotatable bonds is 11. The van der Waals surface area contributed by atoms with Crippen LogP contribution in [-0.4, -0.2) is 74.7 Å². The number of anilines is 1. The Kier molecular flexibility index (Phi) is 8.43. The third kappa shape index (κ3) is 6.28. The summed E-state index contributed by atoms with van der Waals surface area (Å²) in [4.78, 5) is 4.25. The van der Waals surface area contributed by atoms with E-state index >= 15 is 0 Å². The average molecular weight is 620 g/mol. The van der Waals surface area contributed by atoms with E-state index in [1.165, 1.54) is 23.5 Å². The fourth-order valence-corrected chi connectivity index (χ4v) is 8.38. The van der Waals surface area contributed by atoms with Gasteiger partial charge in [0, 0.05) is 42.7 Å². The van der Waals surface area contributed by atoms with Crippen molar-refractivity contribution in [2.24, 2.45) is 10.9 Å². The van der Waals surface area contributed by atoms with Crippen molar-refractivity contribution >= 4 is 36.5 Å². The van der Waals surface area contributed by atoms with Gasteiger partial charge in [-0.1, -0.05) is 24.3 Å². The lowest BCUT2D eigenvalue weighted by molar-refractivity contribution is 0.555. The summed E-state index contributed by atoms with van der Waals surface area (Å²) in [6.07, 6.45) is 0.553. The maximum Gasteiger partial charge on any atom is 0.242 e. The lowest BCUT2D eigenvalue weighted by Crippen LogP contribution is -2.37. The molecule has 15 nitrogen and oxygen atoms in total. The van der Waals surface area contributed by atoms with Gasteiger partial charge in [-0.25, -0.2) is 31.7 Å². The molecule has 41 heavy (non-hydrogen) atoms. The van der Waals surface area contributed by atoms with E-state index in [4.69, 9.17) is 16.6 Å². The number of hydrogen-bond acceptors (Lipinski definition) is 13. The number of hydrogen-bond donors (Lipinski definition) is 7. The Morgan fingerprint density at radius 3 is 2.61 bits per heavy atom. The van der Waals surface area contributed by atoms with Gasteiger partial charge in [0.2, 0.25) is 25.9 Å². The van der Waals surface area contributed by atoms with Gasteiger partial charge in [-0.3, -0.25) is 0 Å². The molecule has 18 heteroatoms. The number of nitrogens with one attached hydrogen (secondary N) is 4. The minimum absolute atomic E-state index is 0.103. The topological polar surface area (TPSA) is 250 Å². The SMILES string of the molecule is NCCNCc1sc(N)nc1-c1cccc(-c2ccc(S(=O)(=O)N[C@@H]3CCNC3)c(S(N)(=O)=O)c2-c2nn[nH]n2)c1. The molecule has 1 aliphatic heterocycles. The van der Waals surface area contributed by atoms with Crippen LogP contribution in [0.5, 0.6) is 0 Å². The smallest absolute Gasteiger partial charge is 0.242 e. The molecule has 0 unspecified atom stereocenters. The normalized spacial score (nSPS) is 15.9. The van der Waals surface area contributed by atoms with Gasteiger partial charge >= 0.3 is 0 Å². The first-order valence-electron chi connectivity index (χ1n) is 12.5. The Labute approximate surface area is 240 Å². The van der Waals surface area contributed by atoms with E-state index in [2.05, 4.69) is 41.0 Å². The van der Waals surface area contributed by atoms with E-state index in [-0.39, 0.29) is 11.4 Å². The number of thiazole rings is 1. The Morgan fingerprint density at radius 2 is 1.93 bits per heavy atom. The maximum atomic E-state index is 13.5. The van der Waals surface area contributed by atoms with Crippen molar-refractivity contribution in [3.8, 4) is 33.8 Å². The van der Waals surface area contributed by atoms with Crippen LogP contribution in [0.25, 0.3) is 33.8 Å². The first kappa shape index (κ1) is 29.1. The van der Waals surface area contributed by atoms with Crippen molar-refractivity contribution in [3.63, 3.8) is 0 Å². The first-order valence-corrected chi connectivity index (χ1v) is 16.4. The van der Waals surface area contributed by atoms with Crippen molar-refractivity contribution in [1.29, 1.82) is 0 Å². The van der Waals surface area contributed by atoms with Crippen molar-refractivity contribution in [2.45, 2.75) is 28.8 Å². The summed E-state index contributed by atoms with van der Waals surface area (Å²) in [7, 11) is -8.93. The highest BCUT2D eigenvalue weighted by molar-refractivity contribution is 7.92. The third-order valence-corrected chi connectivity index (χ3v) is 9.98. The van der Waals surface area contributed by atoms with Crippen LogP contribution < -0.4 is 32.0 Å². The predicted molar refractivity (Wildman–Crippen MR) is 154 cm³/mol. The molecule has 0 radical (unpaired) electrons. The summed E-state index contributed by atoms with van der Waals surface area (Å²) in [5, 5.41) is 26.2. The van der Waals surface area contributed by atoms with Crippen LogP contribution in [0.1, 0.15) is 11.3 Å². The average Bonchev–Trinajstić information content (AvgIpc) is 3.70. The summed E-state index contributed by atoms with van der Waals surface area (Å²) in [5.41, 5.74) is 13.7. The van der Waals surface area contributed by atoms with Crippen LogP contribution in [0.2, 0.25) is 0 Å². The number of benzene rings is 2. The molecular weight excluding hydrogens is 591 g/mol. The molecule has 0 bridgehead atoms. The van der Waals surface area contributed by atoms with Gasteiger partial charge in [0.15, 0.2) is 5.13 Å². The molecular formula is C23H29N11O4S3. The molecule has 1 fully saturated rings. The van der Waals surface area contributed by atoms with Gasteiger partial charge in [-0.2, -0.15) is 5.21 Å². The Balaban J connectivity index is 1.68. The molecule has 218 valence electrons. The standard InChI is InChI=1S/C23H29N11O4S3/c24-7-9-28-12-17-20(29-23(25)39-17)14-3-1-2-13(10-14)16-4-5-18(41(37,38)32-15-6-8-27-11-15)21(40(26,35)36)19(16)22-30-33-34-31-22/h1-5,10,15,27-28,32H,6-9,11-12,24H2,(H2,25,29)(H2,26,35,36)(H,30,31,33,34)/t15-/m1/s1. The van der Waals surface area contributed by atoms with Crippen molar-refractivity contribution in [3.05, 3.63) is 41.3 Å². The third-order valence-electron chi connectivity index (χ3n) is 6.41. The van der Waals surface area contributed by atoms with Crippen LogP contribution in [0.4, 0.5) is 5.13 Å². The van der Waals surface area contributed by atoms with E-state index in [1.807, 2.05) is 6.07 Å². The summed E-state index contributed by atoms with van der Waals surface area (Å²) in [6, 6.07) is 9.47. The molecule has 0 saturated carbocycles. The van der Waals surface area contributed by atoms with Crippen molar-refractivity contribution in [2.75, 3.05) is 31.9 Å². The van der Waals surface area contributed by atoms with E-state index in [0.29, 0.717) is 66.7 Å². The zero-order valence-electron chi connectivity index (χ0n) is 21.7. The second kappa shape index (κ2) is 11.9.